The number of para-hydroxylation sites is 1. The van der Waals surface area contributed by atoms with Gasteiger partial charge < -0.3 is 10.3 Å². The molecule has 0 aliphatic heterocycles. The highest BCUT2D eigenvalue weighted by Crippen LogP contribution is 2.18. The summed E-state index contributed by atoms with van der Waals surface area (Å²) in [5.41, 5.74) is 3.01. The predicted octanol–water partition coefficient (Wildman–Crippen LogP) is 1.35. The van der Waals surface area contributed by atoms with Crippen molar-refractivity contribution in [3.8, 4) is 0 Å². The molecule has 0 saturated carbocycles. The molecule has 3 N–H and O–H groups in total. The fraction of sp³-hybridized carbons (Fsp3) is 0.278. The zero-order valence-electron chi connectivity index (χ0n) is 15.4. The van der Waals surface area contributed by atoms with Gasteiger partial charge in [0.1, 0.15) is 5.82 Å². The van der Waals surface area contributed by atoms with E-state index in [-0.39, 0.29) is 6.54 Å². The Kier molecular flexibility index (Phi) is 4.97. The van der Waals surface area contributed by atoms with Gasteiger partial charge in [-0.3, -0.25) is 0 Å². The van der Waals surface area contributed by atoms with Crippen LogP contribution in [0.2, 0.25) is 0 Å². The van der Waals surface area contributed by atoms with Crippen molar-refractivity contribution in [3.63, 3.8) is 0 Å². The lowest BCUT2D eigenvalue weighted by Crippen LogP contribution is -2.25. The van der Waals surface area contributed by atoms with Gasteiger partial charge in [0.2, 0.25) is 10.0 Å². The molecule has 0 aliphatic rings. The first kappa shape index (κ1) is 18.4. The van der Waals surface area contributed by atoms with Gasteiger partial charge in [0.05, 0.1) is 6.26 Å². The fourth-order valence-electron chi connectivity index (χ4n) is 3.10. The molecular weight excluding hydrogens is 378 g/mol. The van der Waals surface area contributed by atoms with Crippen LogP contribution in [0.5, 0.6) is 0 Å². The monoisotopic (exact) mass is 399 g/mol. The van der Waals surface area contributed by atoms with Crippen molar-refractivity contribution in [2.75, 3.05) is 24.7 Å². The van der Waals surface area contributed by atoms with Crippen molar-refractivity contribution in [2.45, 2.75) is 12.8 Å². The van der Waals surface area contributed by atoms with Crippen LogP contribution in [0.1, 0.15) is 11.4 Å². The second-order valence-electron chi connectivity index (χ2n) is 6.56. The van der Waals surface area contributed by atoms with E-state index in [2.05, 4.69) is 42.5 Å². The van der Waals surface area contributed by atoms with Crippen LogP contribution in [-0.2, 0) is 22.9 Å². The average Bonchev–Trinajstić information content (AvgIpc) is 3.25. The number of nitrogens with zero attached hydrogens (tertiary/aromatic N) is 4. The maximum atomic E-state index is 11.2. The smallest absolute Gasteiger partial charge is 0.208 e. The molecule has 0 spiro atoms. The van der Waals surface area contributed by atoms with Crippen molar-refractivity contribution in [2.24, 2.45) is 0 Å². The molecule has 3 aromatic heterocycles. The van der Waals surface area contributed by atoms with Crippen LogP contribution < -0.4 is 10.0 Å². The van der Waals surface area contributed by atoms with E-state index in [0.717, 1.165) is 24.7 Å². The van der Waals surface area contributed by atoms with E-state index in [1.54, 1.807) is 4.52 Å². The Labute approximate surface area is 162 Å². The van der Waals surface area contributed by atoms with Gasteiger partial charge in [0.25, 0.3) is 0 Å². The lowest BCUT2D eigenvalue weighted by atomic mass is 10.1. The molecule has 0 unspecified atom stereocenters. The number of hydrogen-bond donors (Lipinski definition) is 3. The molecule has 9 nitrogen and oxygen atoms in total. The third-order valence-electron chi connectivity index (χ3n) is 4.42. The molecule has 10 heteroatoms. The number of aromatic amines is 1. The third-order valence-corrected chi connectivity index (χ3v) is 5.14. The molecule has 28 heavy (non-hydrogen) atoms. The number of hydrogen-bond acceptors (Lipinski definition) is 6. The first-order chi connectivity index (χ1) is 13.5. The van der Waals surface area contributed by atoms with E-state index in [1.807, 2.05) is 30.5 Å². The molecule has 3 heterocycles. The molecule has 4 rings (SSSR count). The topological polar surface area (TPSA) is 117 Å². The van der Waals surface area contributed by atoms with Gasteiger partial charge in [-0.05, 0) is 30.2 Å². The number of benzene rings is 1. The summed E-state index contributed by atoms with van der Waals surface area (Å²) in [4.78, 5) is 3.28. The van der Waals surface area contributed by atoms with Crippen molar-refractivity contribution < 1.29 is 8.42 Å². The third kappa shape index (κ3) is 4.12. The highest BCUT2D eigenvalue weighted by Gasteiger charge is 2.09. The molecule has 4 aromatic rings. The van der Waals surface area contributed by atoms with Crippen molar-refractivity contribution in [1.82, 2.24) is 29.5 Å². The Bertz CT molecular complexity index is 1210. The summed E-state index contributed by atoms with van der Waals surface area (Å²) in [6, 6.07) is 11.9. The molecule has 1 aromatic carbocycles. The summed E-state index contributed by atoms with van der Waals surface area (Å²) in [6.45, 7) is 0.979. The number of anilines is 1. The number of aromatic nitrogens is 5. The molecule has 0 saturated heterocycles. The summed E-state index contributed by atoms with van der Waals surface area (Å²) in [7, 11) is -3.23. The van der Waals surface area contributed by atoms with Crippen LogP contribution in [0.4, 0.5) is 5.82 Å². The van der Waals surface area contributed by atoms with E-state index in [0.29, 0.717) is 23.7 Å². The van der Waals surface area contributed by atoms with Crippen LogP contribution in [0.3, 0.4) is 0 Å². The quantitative estimate of drug-likeness (QED) is 0.412. The SMILES string of the molecule is CS(=O)(=O)NCCc1nnc2ccc(NCCc3c[nH]c4ccccc34)nn12. The number of sulfonamides is 1. The van der Waals surface area contributed by atoms with Crippen LogP contribution >= 0.6 is 0 Å². The van der Waals surface area contributed by atoms with Crippen LogP contribution in [0.25, 0.3) is 16.6 Å². The maximum absolute atomic E-state index is 11.2. The number of nitrogens with one attached hydrogen (secondary N) is 3. The molecule has 0 aliphatic carbocycles. The molecule has 0 bridgehead atoms. The normalized spacial score (nSPS) is 12.0. The lowest BCUT2D eigenvalue weighted by molar-refractivity contribution is 0.586. The van der Waals surface area contributed by atoms with Crippen molar-refractivity contribution in [1.29, 1.82) is 0 Å². The Hall–Kier alpha value is -2.98. The molecular formula is C18H21N7O2S. The summed E-state index contributed by atoms with van der Waals surface area (Å²) in [6.07, 6.45) is 4.43. The first-order valence-electron chi connectivity index (χ1n) is 8.94. The standard InChI is InChI=1S/C18H21N7O2S/c1-28(26,27)21-11-9-18-23-22-17-7-6-16(24-25(17)18)19-10-8-13-12-20-15-5-3-2-4-14(13)15/h2-7,12,20-21H,8-11H2,1H3,(H,19,24). The molecule has 0 atom stereocenters. The van der Waals surface area contributed by atoms with Gasteiger partial charge in [-0.1, -0.05) is 18.2 Å². The minimum atomic E-state index is -3.23. The number of rotatable bonds is 8. The zero-order chi connectivity index (χ0) is 19.6. The summed E-state index contributed by atoms with van der Waals surface area (Å²) >= 11 is 0. The van der Waals surface area contributed by atoms with E-state index >= 15 is 0 Å². The molecule has 0 fully saturated rings. The first-order valence-corrected chi connectivity index (χ1v) is 10.8. The van der Waals surface area contributed by atoms with Gasteiger partial charge in [0.15, 0.2) is 11.5 Å². The number of fused-ring (bicyclic) bond motifs is 2. The summed E-state index contributed by atoms with van der Waals surface area (Å²) in [5, 5.41) is 17.2. The van der Waals surface area contributed by atoms with Gasteiger partial charge in [-0.15, -0.1) is 15.3 Å². The van der Waals surface area contributed by atoms with Gasteiger partial charge in [-0.2, -0.15) is 4.52 Å². The van der Waals surface area contributed by atoms with Gasteiger partial charge >= 0.3 is 0 Å². The van der Waals surface area contributed by atoms with E-state index < -0.39 is 10.0 Å². The van der Waals surface area contributed by atoms with Gasteiger partial charge in [0, 0.05) is 36.6 Å². The van der Waals surface area contributed by atoms with Crippen LogP contribution in [0.15, 0.2) is 42.6 Å². The Morgan fingerprint density at radius 1 is 1.07 bits per heavy atom. The van der Waals surface area contributed by atoms with E-state index in [4.69, 9.17) is 0 Å². The second kappa shape index (κ2) is 7.56. The highest BCUT2D eigenvalue weighted by atomic mass is 32.2. The minimum Gasteiger partial charge on any atom is -0.368 e. The summed E-state index contributed by atoms with van der Waals surface area (Å²) < 4.78 is 26.5. The van der Waals surface area contributed by atoms with Gasteiger partial charge in [-0.25, -0.2) is 13.1 Å². The molecule has 146 valence electrons. The lowest BCUT2D eigenvalue weighted by Gasteiger charge is -2.06. The Balaban J connectivity index is 1.42. The average molecular weight is 399 g/mol. The van der Waals surface area contributed by atoms with Crippen LogP contribution in [-0.4, -0.2) is 52.6 Å². The summed E-state index contributed by atoms with van der Waals surface area (Å²) in [5.74, 6) is 1.32. The van der Waals surface area contributed by atoms with E-state index in [9.17, 15) is 8.42 Å². The molecule has 0 amide bonds. The van der Waals surface area contributed by atoms with Crippen LogP contribution in [0, 0.1) is 0 Å². The Morgan fingerprint density at radius 2 is 1.93 bits per heavy atom. The van der Waals surface area contributed by atoms with Crippen molar-refractivity contribution in [3.05, 3.63) is 54.0 Å². The number of H-pyrrole nitrogens is 1. The van der Waals surface area contributed by atoms with E-state index in [1.165, 1.54) is 10.9 Å². The van der Waals surface area contributed by atoms with Crippen molar-refractivity contribution >= 4 is 32.4 Å². The minimum absolute atomic E-state index is 0.250. The molecule has 0 radical (unpaired) electrons. The Morgan fingerprint density at radius 3 is 2.79 bits per heavy atom. The largest absolute Gasteiger partial charge is 0.368 e. The zero-order valence-corrected chi connectivity index (χ0v) is 16.2. The predicted molar refractivity (Wildman–Crippen MR) is 108 cm³/mol. The second-order valence-corrected chi connectivity index (χ2v) is 8.39. The fourth-order valence-corrected chi connectivity index (χ4v) is 3.57. The highest BCUT2D eigenvalue weighted by molar-refractivity contribution is 7.88. The maximum Gasteiger partial charge on any atom is 0.208 e.